The lowest BCUT2D eigenvalue weighted by molar-refractivity contribution is -0.127. The molecule has 0 saturated carbocycles. The third-order valence-corrected chi connectivity index (χ3v) is 2.00. The minimum atomic E-state index is 0.0520. The molecule has 0 rings (SSSR count). The van der Waals surface area contributed by atoms with Crippen LogP contribution >= 0.6 is 0 Å². The second kappa shape index (κ2) is 9.25. The van der Waals surface area contributed by atoms with Crippen LogP contribution in [0, 0.1) is 0 Å². The predicted molar refractivity (Wildman–Crippen MR) is 67.8 cm³/mol. The summed E-state index contributed by atoms with van der Waals surface area (Å²) in [6.07, 6.45) is 3.53. The average Bonchev–Trinajstić information content (AvgIpc) is 2.26. The lowest BCUT2D eigenvalue weighted by atomic mass is 10.1. The summed E-state index contributed by atoms with van der Waals surface area (Å²) in [6, 6.07) is 0. The minimum absolute atomic E-state index is 0.0520. The van der Waals surface area contributed by atoms with Gasteiger partial charge in [0.25, 0.3) is 0 Å². The Hall–Kier alpha value is -1.31. The fourth-order valence-electron chi connectivity index (χ4n) is 0.848. The van der Waals surface area contributed by atoms with Crippen LogP contribution in [0.2, 0.25) is 0 Å². The Bertz CT molecular complexity index is 251. The van der Waals surface area contributed by atoms with Gasteiger partial charge in [-0.25, -0.2) is 0 Å². The van der Waals surface area contributed by atoms with Gasteiger partial charge in [-0.1, -0.05) is 39.2 Å². The molecule has 2 heteroatoms. The summed E-state index contributed by atoms with van der Waals surface area (Å²) in [4.78, 5) is 12.6. The molecule has 0 heterocycles. The van der Waals surface area contributed by atoms with Gasteiger partial charge in [-0.3, -0.25) is 4.79 Å². The third kappa shape index (κ3) is 6.72. The Morgan fingerprint density at radius 1 is 1.20 bits per heavy atom. The quantitative estimate of drug-likeness (QED) is 0.651. The van der Waals surface area contributed by atoms with Gasteiger partial charge in [0.1, 0.15) is 0 Å². The maximum Gasteiger partial charge on any atom is 0.219 e. The predicted octanol–water partition coefficient (Wildman–Crippen LogP) is 3.18. The first-order chi connectivity index (χ1) is 7.02. The summed E-state index contributed by atoms with van der Waals surface area (Å²) in [5.74, 6) is 0.0520. The van der Waals surface area contributed by atoms with E-state index in [0.29, 0.717) is 6.54 Å². The molecule has 0 aromatic carbocycles. The zero-order valence-corrected chi connectivity index (χ0v) is 10.6. The Kier molecular flexibility index (Phi) is 9.95. The topological polar surface area (TPSA) is 20.3 Å². The van der Waals surface area contributed by atoms with Crippen molar-refractivity contribution in [2.75, 3.05) is 13.6 Å². The lowest BCUT2D eigenvalue weighted by Crippen LogP contribution is -2.25. The largest absolute Gasteiger partial charge is 0.342 e. The molecule has 0 unspecified atom stereocenters. The standard InChI is InChI=1S/C11H17NO.C2H6/c1-6-9(3)11(7-2)8-12(5)10(4)13;1-2/h6-7H,1-2,8H2,3-5H3;1-2H3/b11-9+;. The fourth-order valence-corrected chi connectivity index (χ4v) is 0.848. The van der Waals surface area contributed by atoms with Crippen LogP contribution in [0.1, 0.15) is 27.7 Å². The number of likely N-dealkylation sites (N-methyl/N-ethyl adjacent to an activating group) is 1. The molecule has 0 fully saturated rings. The highest BCUT2D eigenvalue weighted by Crippen LogP contribution is 2.07. The van der Waals surface area contributed by atoms with Crippen LogP contribution in [0.4, 0.5) is 0 Å². The first-order valence-electron chi connectivity index (χ1n) is 5.19. The van der Waals surface area contributed by atoms with Crippen molar-refractivity contribution < 1.29 is 4.79 Å². The zero-order valence-electron chi connectivity index (χ0n) is 10.6. The van der Waals surface area contributed by atoms with Crippen LogP contribution < -0.4 is 0 Å². The molecule has 0 N–H and O–H groups in total. The summed E-state index contributed by atoms with van der Waals surface area (Å²) in [5.41, 5.74) is 2.09. The van der Waals surface area contributed by atoms with Crippen LogP contribution in [0.3, 0.4) is 0 Å². The molecule has 15 heavy (non-hydrogen) atoms. The van der Waals surface area contributed by atoms with Gasteiger partial charge in [0.05, 0.1) is 0 Å². The van der Waals surface area contributed by atoms with Gasteiger partial charge in [-0.15, -0.1) is 0 Å². The van der Waals surface area contributed by atoms with Crippen LogP contribution in [0.15, 0.2) is 36.5 Å². The van der Waals surface area contributed by atoms with E-state index in [0.717, 1.165) is 11.1 Å². The first-order valence-corrected chi connectivity index (χ1v) is 5.19. The molecule has 0 bridgehead atoms. The summed E-state index contributed by atoms with van der Waals surface area (Å²) in [7, 11) is 1.77. The summed E-state index contributed by atoms with van der Waals surface area (Å²) < 4.78 is 0. The minimum Gasteiger partial charge on any atom is -0.342 e. The number of amides is 1. The SMILES string of the molecule is C=C/C(C)=C(\C=C)CN(C)C(C)=O.CC. The van der Waals surface area contributed by atoms with Gasteiger partial charge >= 0.3 is 0 Å². The van der Waals surface area contributed by atoms with Crippen LogP contribution in [-0.2, 0) is 4.79 Å². The maximum atomic E-state index is 10.9. The van der Waals surface area contributed by atoms with Crippen molar-refractivity contribution in [1.82, 2.24) is 4.90 Å². The number of hydrogen-bond acceptors (Lipinski definition) is 1. The van der Waals surface area contributed by atoms with E-state index in [1.807, 2.05) is 20.8 Å². The highest BCUT2D eigenvalue weighted by atomic mass is 16.2. The van der Waals surface area contributed by atoms with E-state index in [9.17, 15) is 4.79 Å². The number of hydrogen-bond donors (Lipinski definition) is 0. The van der Waals surface area contributed by atoms with Crippen LogP contribution in [0.5, 0.6) is 0 Å². The van der Waals surface area contributed by atoms with Crippen molar-refractivity contribution in [2.24, 2.45) is 0 Å². The van der Waals surface area contributed by atoms with E-state index < -0.39 is 0 Å². The Balaban J connectivity index is 0. The van der Waals surface area contributed by atoms with Gasteiger partial charge < -0.3 is 4.90 Å². The number of carbonyl (C=O) groups is 1. The van der Waals surface area contributed by atoms with Crippen molar-refractivity contribution >= 4 is 5.91 Å². The van der Waals surface area contributed by atoms with Gasteiger partial charge in [0, 0.05) is 20.5 Å². The lowest BCUT2D eigenvalue weighted by Gasteiger charge is -2.16. The third-order valence-electron chi connectivity index (χ3n) is 2.00. The van der Waals surface area contributed by atoms with E-state index in [1.165, 1.54) is 0 Å². The molecular weight excluding hydrogens is 186 g/mol. The molecule has 0 aliphatic heterocycles. The second-order valence-electron chi connectivity index (χ2n) is 2.99. The molecule has 0 aromatic rings. The smallest absolute Gasteiger partial charge is 0.219 e. The van der Waals surface area contributed by atoms with Gasteiger partial charge in [-0.2, -0.15) is 0 Å². The summed E-state index contributed by atoms with van der Waals surface area (Å²) in [6.45, 7) is 15.5. The van der Waals surface area contributed by atoms with Gasteiger partial charge in [0.2, 0.25) is 5.91 Å². The Morgan fingerprint density at radius 2 is 1.67 bits per heavy atom. The van der Waals surface area contributed by atoms with E-state index in [4.69, 9.17) is 0 Å². The van der Waals surface area contributed by atoms with E-state index in [1.54, 1.807) is 31.0 Å². The van der Waals surface area contributed by atoms with E-state index in [2.05, 4.69) is 13.2 Å². The van der Waals surface area contributed by atoms with Crippen molar-refractivity contribution in [2.45, 2.75) is 27.7 Å². The highest BCUT2D eigenvalue weighted by molar-refractivity contribution is 5.73. The van der Waals surface area contributed by atoms with E-state index in [-0.39, 0.29) is 5.91 Å². The molecule has 0 aliphatic carbocycles. The monoisotopic (exact) mass is 209 g/mol. The number of rotatable bonds is 4. The molecule has 0 radical (unpaired) electrons. The molecule has 0 saturated heterocycles. The molecule has 0 aromatic heterocycles. The number of nitrogens with zero attached hydrogens (tertiary/aromatic N) is 1. The maximum absolute atomic E-state index is 10.9. The molecule has 0 atom stereocenters. The number of allylic oxidation sites excluding steroid dienone is 2. The van der Waals surface area contributed by atoms with Crippen molar-refractivity contribution in [3.05, 3.63) is 36.5 Å². The highest BCUT2D eigenvalue weighted by Gasteiger charge is 2.04. The average molecular weight is 209 g/mol. The van der Waals surface area contributed by atoms with Crippen molar-refractivity contribution in [3.8, 4) is 0 Å². The molecular formula is C13H23NO. The van der Waals surface area contributed by atoms with Crippen LogP contribution in [0.25, 0.3) is 0 Å². The molecule has 1 amide bonds. The second-order valence-corrected chi connectivity index (χ2v) is 2.99. The van der Waals surface area contributed by atoms with Crippen molar-refractivity contribution in [1.29, 1.82) is 0 Å². The molecule has 2 nitrogen and oxygen atoms in total. The van der Waals surface area contributed by atoms with Crippen molar-refractivity contribution in [3.63, 3.8) is 0 Å². The zero-order chi connectivity index (χ0) is 12.4. The molecule has 0 aliphatic rings. The van der Waals surface area contributed by atoms with Gasteiger partial charge in [0.15, 0.2) is 0 Å². The Morgan fingerprint density at radius 3 is 1.93 bits per heavy atom. The van der Waals surface area contributed by atoms with Crippen LogP contribution in [-0.4, -0.2) is 24.4 Å². The Labute approximate surface area is 94.0 Å². The van der Waals surface area contributed by atoms with Gasteiger partial charge in [-0.05, 0) is 18.1 Å². The molecule has 0 spiro atoms. The molecule has 86 valence electrons. The summed E-state index contributed by atoms with van der Waals surface area (Å²) in [5, 5.41) is 0. The fraction of sp³-hybridized carbons (Fsp3) is 0.462. The summed E-state index contributed by atoms with van der Waals surface area (Å²) >= 11 is 0. The first kappa shape index (κ1) is 16.1. The normalized spacial score (nSPS) is 10.5. The number of carbonyl (C=O) groups excluding carboxylic acids is 1. The van der Waals surface area contributed by atoms with E-state index >= 15 is 0 Å².